The van der Waals surface area contributed by atoms with E-state index in [1.165, 1.54) is 110 Å². The average Bonchev–Trinajstić information content (AvgIpc) is 3.77. The van der Waals surface area contributed by atoms with E-state index >= 15 is 0 Å². The van der Waals surface area contributed by atoms with E-state index in [4.69, 9.17) is 9.40 Å². The van der Waals surface area contributed by atoms with Crippen molar-refractivity contribution in [1.82, 2.24) is 15.0 Å². The van der Waals surface area contributed by atoms with Crippen LogP contribution in [0.3, 0.4) is 0 Å². The van der Waals surface area contributed by atoms with Crippen LogP contribution in [0.15, 0.2) is 181 Å². The molecular formula is C63H67IrN3OSi. The van der Waals surface area contributed by atoms with Crippen molar-refractivity contribution in [3.8, 4) is 44.9 Å². The summed E-state index contributed by atoms with van der Waals surface area (Å²) in [6.45, 7) is 9.40. The summed E-state index contributed by atoms with van der Waals surface area (Å²) in [4.78, 5) is 13.9. The van der Waals surface area contributed by atoms with Gasteiger partial charge in [0.15, 0.2) is 0 Å². The molecule has 5 aromatic carbocycles. The number of para-hydroxylation sites is 1. The molecule has 2 aliphatic rings. The molecule has 0 spiro atoms. The Kier molecular flexibility index (Phi) is 17.0. The van der Waals surface area contributed by atoms with E-state index in [0.717, 1.165) is 56.4 Å². The molecule has 4 heterocycles. The van der Waals surface area contributed by atoms with Gasteiger partial charge in [-0.15, -0.1) is 0 Å². The molecule has 2 fully saturated rings. The summed E-state index contributed by atoms with van der Waals surface area (Å²) in [5.74, 6) is 1.77. The molecule has 0 atom stereocenters. The van der Waals surface area contributed by atoms with Crippen molar-refractivity contribution in [3.05, 3.63) is 193 Å². The zero-order chi connectivity index (χ0) is 46.7. The Morgan fingerprint density at radius 1 is 0.507 bits per heavy atom. The molecule has 4 nitrogen and oxygen atoms in total. The summed E-state index contributed by atoms with van der Waals surface area (Å²) in [6, 6.07) is 55.0. The monoisotopic (exact) mass is 1100 g/mol. The number of benzene rings is 5. The minimum atomic E-state index is -1.35. The van der Waals surface area contributed by atoms with E-state index in [9.17, 15) is 0 Å². The molecule has 0 bridgehead atoms. The van der Waals surface area contributed by atoms with Gasteiger partial charge in [0.1, 0.15) is 11.2 Å². The molecule has 69 heavy (non-hydrogen) atoms. The summed E-state index contributed by atoms with van der Waals surface area (Å²) in [5.41, 5.74) is 15.1. The van der Waals surface area contributed by atoms with Gasteiger partial charge >= 0.3 is 0 Å². The molecule has 0 amide bonds. The van der Waals surface area contributed by atoms with E-state index in [2.05, 4.69) is 182 Å². The smallest absolute Gasteiger partial charge is 0.144 e. The van der Waals surface area contributed by atoms with Crippen molar-refractivity contribution in [2.45, 2.75) is 104 Å². The van der Waals surface area contributed by atoms with Gasteiger partial charge in [0, 0.05) is 66.2 Å². The van der Waals surface area contributed by atoms with Crippen molar-refractivity contribution < 1.29 is 24.5 Å². The summed E-state index contributed by atoms with van der Waals surface area (Å²) in [7, 11) is -1.35. The van der Waals surface area contributed by atoms with Gasteiger partial charge in [-0.05, 0) is 107 Å². The Morgan fingerprint density at radius 2 is 1.06 bits per heavy atom. The van der Waals surface area contributed by atoms with Gasteiger partial charge < -0.3 is 4.42 Å². The van der Waals surface area contributed by atoms with Gasteiger partial charge in [0.2, 0.25) is 0 Å². The Hall–Kier alpha value is -5.78. The Bertz CT molecular complexity index is 3020. The topological polar surface area (TPSA) is 51.8 Å². The first-order chi connectivity index (χ1) is 33.3. The number of aromatic nitrogens is 3. The van der Waals surface area contributed by atoms with Crippen LogP contribution in [0.25, 0.3) is 66.8 Å². The van der Waals surface area contributed by atoms with Gasteiger partial charge in [-0.2, -0.15) is 0 Å². The minimum Gasteiger partial charge on any atom is -0.455 e. The van der Waals surface area contributed by atoms with Crippen LogP contribution in [-0.2, 0) is 32.9 Å². The van der Waals surface area contributed by atoms with Gasteiger partial charge in [-0.3, -0.25) is 15.0 Å². The summed E-state index contributed by atoms with van der Waals surface area (Å²) in [5, 5.41) is 3.84. The SMILES string of the molecule is C[Si](C)(C)c1cnc(-c2ccccc2)cc1CC1CCCCC1.Cc1ccnc(-c2cccc3c2oc2cccc(-c4ccccc4)c23)c1.[Ir].c1ccc(-c2cc(CC3CCCCC3)ccn2)cc1. The van der Waals surface area contributed by atoms with Crippen LogP contribution in [0.1, 0.15) is 80.9 Å². The summed E-state index contributed by atoms with van der Waals surface area (Å²) >= 11 is 0. The fourth-order valence-corrected chi connectivity index (χ4v) is 12.1. The van der Waals surface area contributed by atoms with Crippen molar-refractivity contribution in [2.24, 2.45) is 11.8 Å². The third kappa shape index (κ3) is 12.7. The van der Waals surface area contributed by atoms with Gasteiger partial charge in [0.05, 0.1) is 25.2 Å². The largest absolute Gasteiger partial charge is 0.455 e. The quantitative estimate of drug-likeness (QED) is 0.135. The molecule has 353 valence electrons. The van der Waals surface area contributed by atoms with E-state index in [0.29, 0.717) is 0 Å². The number of fused-ring (bicyclic) bond motifs is 3. The van der Waals surface area contributed by atoms with E-state index in [-0.39, 0.29) is 20.1 Å². The van der Waals surface area contributed by atoms with Crippen LogP contribution >= 0.6 is 0 Å². The second kappa shape index (κ2) is 23.7. The maximum absolute atomic E-state index is 6.30. The second-order valence-electron chi connectivity index (χ2n) is 20.2. The van der Waals surface area contributed by atoms with Crippen molar-refractivity contribution >= 4 is 35.2 Å². The molecule has 11 rings (SSSR count). The molecule has 0 saturated heterocycles. The number of hydrogen-bond donors (Lipinski definition) is 0. The zero-order valence-electron chi connectivity index (χ0n) is 41.0. The predicted molar refractivity (Wildman–Crippen MR) is 290 cm³/mol. The summed E-state index contributed by atoms with van der Waals surface area (Å²) in [6.07, 6.45) is 22.6. The number of hydrogen-bond acceptors (Lipinski definition) is 4. The van der Waals surface area contributed by atoms with Crippen LogP contribution in [-0.4, -0.2) is 23.0 Å². The molecule has 0 aliphatic heterocycles. The molecule has 6 heteroatoms. The molecule has 2 aliphatic carbocycles. The van der Waals surface area contributed by atoms with Crippen LogP contribution < -0.4 is 5.19 Å². The van der Waals surface area contributed by atoms with Crippen LogP contribution in [0.2, 0.25) is 19.6 Å². The number of nitrogens with zero attached hydrogens (tertiary/aromatic N) is 3. The minimum absolute atomic E-state index is 0. The first kappa shape index (κ1) is 49.6. The molecule has 4 aromatic heterocycles. The number of pyridine rings is 3. The number of furan rings is 1. The Balaban J connectivity index is 0.000000140. The Morgan fingerprint density at radius 3 is 1.68 bits per heavy atom. The van der Waals surface area contributed by atoms with Gasteiger partial charge in [-0.1, -0.05) is 199 Å². The molecular weight excluding hydrogens is 1040 g/mol. The molecule has 1 radical (unpaired) electrons. The third-order valence-electron chi connectivity index (χ3n) is 14.0. The first-order valence-electron chi connectivity index (χ1n) is 25.2. The van der Waals surface area contributed by atoms with Crippen molar-refractivity contribution in [3.63, 3.8) is 0 Å². The average molecular weight is 1100 g/mol. The molecule has 2 saturated carbocycles. The second-order valence-corrected chi connectivity index (χ2v) is 25.3. The van der Waals surface area contributed by atoms with Crippen molar-refractivity contribution in [1.29, 1.82) is 0 Å². The van der Waals surface area contributed by atoms with Gasteiger partial charge in [-0.25, -0.2) is 0 Å². The molecule has 0 unspecified atom stereocenters. The fraction of sp³-hybridized carbons (Fsp3) is 0.286. The fourth-order valence-electron chi connectivity index (χ4n) is 10.5. The predicted octanol–water partition coefficient (Wildman–Crippen LogP) is 16.9. The zero-order valence-corrected chi connectivity index (χ0v) is 44.4. The van der Waals surface area contributed by atoms with Gasteiger partial charge in [0.25, 0.3) is 0 Å². The maximum Gasteiger partial charge on any atom is 0.144 e. The van der Waals surface area contributed by atoms with Crippen LogP contribution in [0.5, 0.6) is 0 Å². The normalized spacial score (nSPS) is 14.3. The first-order valence-corrected chi connectivity index (χ1v) is 28.7. The van der Waals surface area contributed by atoms with E-state index in [1.54, 1.807) is 10.8 Å². The summed E-state index contributed by atoms with van der Waals surface area (Å²) < 4.78 is 6.30. The standard InChI is InChI=1S/C24H17NO.C21H29NSi.C18H21N.Ir/c1-16-13-14-25-21(15-16)19-10-5-11-20-23-18(17-7-3-2-4-8-17)9-6-12-22(23)26-24(19)20;1-23(2,3)21-16-22-20(18-12-8-5-9-13-18)15-19(21)14-17-10-6-4-7-11-17;1-3-7-15(8-4-1)13-16-11-12-19-18(14-16)17-9-5-2-6-10-17;/h2-15H,1H3;5,8-9,12-13,15-17H,4,6-7,10-11,14H2,1-3H3;2,5-6,9-12,14-15H,1,3-4,7-8,13H2;. The number of aryl methyl sites for hydroxylation is 1. The van der Waals surface area contributed by atoms with Crippen molar-refractivity contribution in [2.75, 3.05) is 0 Å². The third-order valence-corrected chi connectivity index (χ3v) is 16.1. The van der Waals surface area contributed by atoms with E-state index < -0.39 is 8.07 Å². The van der Waals surface area contributed by atoms with E-state index in [1.807, 2.05) is 30.6 Å². The maximum atomic E-state index is 6.30. The van der Waals surface area contributed by atoms with Crippen LogP contribution in [0.4, 0.5) is 0 Å². The van der Waals surface area contributed by atoms with Crippen LogP contribution in [0, 0.1) is 18.8 Å². The number of rotatable bonds is 9. The molecule has 0 N–H and O–H groups in total. The Labute approximate surface area is 425 Å². The molecule has 9 aromatic rings.